The summed E-state index contributed by atoms with van der Waals surface area (Å²) >= 11 is 0. The van der Waals surface area contributed by atoms with Crippen molar-refractivity contribution in [2.24, 2.45) is 0 Å². The zero-order valence-electron chi connectivity index (χ0n) is 12.4. The molecule has 0 unspecified atom stereocenters. The Balaban J connectivity index is 2.92. The molecule has 1 nitrogen and oxygen atoms in total. The van der Waals surface area contributed by atoms with E-state index in [9.17, 15) is 0 Å². The van der Waals surface area contributed by atoms with Crippen LogP contribution in [0, 0.1) is 0 Å². The second kappa shape index (κ2) is 4.46. The van der Waals surface area contributed by atoms with E-state index in [0.29, 0.717) is 0 Å². The molecule has 0 radical (unpaired) electrons. The van der Waals surface area contributed by atoms with E-state index in [1.807, 2.05) is 0 Å². The largest absolute Gasteiger partial charge is 0.380 e. The zero-order valence-corrected chi connectivity index (χ0v) is 14.4. The molecule has 0 aliphatic carbocycles. The monoisotopic (exact) mass is 253 g/mol. The zero-order chi connectivity index (χ0) is 12.7. The van der Waals surface area contributed by atoms with Gasteiger partial charge in [-0.3, -0.25) is 0 Å². The molecule has 0 saturated carbocycles. The lowest BCUT2D eigenvalue weighted by atomic mass is 9.75. The molecule has 0 spiro atoms. The van der Waals surface area contributed by atoms with Crippen molar-refractivity contribution in [3.8, 4) is 0 Å². The molecule has 1 rings (SSSR count). The fourth-order valence-electron chi connectivity index (χ4n) is 3.24. The summed E-state index contributed by atoms with van der Waals surface area (Å²) in [5.74, 6) is 0. The SMILES string of the molecule is CCC1=C(CC)B1N([Si](C)(C)C)[Si](C)(C)C. The lowest BCUT2D eigenvalue weighted by Crippen LogP contribution is -2.62. The van der Waals surface area contributed by atoms with Gasteiger partial charge in [-0.2, -0.15) is 0 Å². The quantitative estimate of drug-likeness (QED) is 0.665. The maximum absolute atomic E-state index is 2.96. The summed E-state index contributed by atoms with van der Waals surface area (Å²) < 4.78 is 2.96. The highest BCUT2D eigenvalue weighted by molar-refractivity contribution is 7.05. The van der Waals surface area contributed by atoms with Crippen LogP contribution in [-0.2, 0) is 0 Å². The van der Waals surface area contributed by atoms with Gasteiger partial charge in [-0.05, 0) is 12.8 Å². The summed E-state index contributed by atoms with van der Waals surface area (Å²) in [5.41, 5.74) is 3.51. The first-order chi connectivity index (χ1) is 7.14. The molecule has 0 fully saturated rings. The summed E-state index contributed by atoms with van der Waals surface area (Å²) in [7, 11) is -2.37. The van der Waals surface area contributed by atoms with Gasteiger partial charge in [-0.15, -0.1) is 0 Å². The first-order valence-electron chi connectivity index (χ1n) is 6.65. The van der Waals surface area contributed by atoms with Crippen molar-refractivity contribution in [2.75, 3.05) is 0 Å². The third-order valence-corrected chi connectivity index (χ3v) is 10.9. The minimum atomic E-state index is -1.19. The van der Waals surface area contributed by atoms with E-state index in [4.69, 9.17) is 0 Å². The van der Waals surface area contributed by atoms with Gasteiger partial charge in [0.2, 0.25) is 0 Å². The van der Waals surface area contributed by atoms with Crippen LogP contribution in [-0.4, -0.2) is 27.5 Å². The molecular weight excluding hydrogens is 225 g/mol. The maximum atomic E-state index is 2.96. The van der Waals surface area contributed by atoms with Crippen molar-refractivity contribution in [2.45, 2.75) is 66.0 Å². The van der Waals surface area contributed by atoms with Crippen LogP contribution in [0.2, 0.25) is 39.3 Å². The van der Waals surface area contributed by atoms with Crippen LogP contribution >= 0.6 is 0 Å². The van der Waals surface area contributed by atoms with Crippen molar-refractivity contribution in [3.63, 3.8) is 0 Å². The van der Waals surface area contributed by atoms with Gasteiger partial charge in [0.05, 0.1) is 0 Å². The molecule has 1 heterocycles. The molecule has 0 aromatic rings. The van der Waals surface area contributed by atoms with Gasteiger partial charge in [0.15, 0.2) is 0 Å². The molecule has 4 heteroatoms. The van der Waals surface area contributed by atoms with E-state index in [1.165, 1.54) is 12.8 Å². The van der Waals surface area contributed by atoms with Crippen LogP contribution in [0.3, 0.4) is 0 Å². The Morgan fingerprint density at radius 3 is 1.31 bits per heavy atom. The normalized spacial score (nSPS) is 17.4. The number of allylic oxidation sites excluding steroid dienone is 2. The van der Waals surface area contributed by atoms with Gasteiger partial charge >= 0.3 is 0 Å². The molecule has 1 aliphatic heterocycles. The summed E-state index contributed by atoms with van der Waals surface area (Å²) in [4.78, 5) is 0. The standard InChI is InChI=1S/C12H28BNSi2/c1-9-11-12(10-2)13(11)14(15(3,4)5)16(6,7)8/h9-10H2,1-8H3. The van der Waals surface area contributed by atoms with E-state index >= 15 is 0 Å². The highest BCUT2D eigenvalue weighted by atomic mass is 28.4. The van der Waals surface area contributed by atoms with Gasteiger partial charge < -0.3 is 4.14 Å². The van der Waals surface area contributed by atoms with Crippen LogP contribution in [0.25, 0.3) is 0 Å². The van der Waals surface area contributed by atoms with E-state index in [0.717, 1.165) is 6.85 Å². The van der Waals surface area contributed by atoms with Crippen LogP contribution in [0.4, 0.5) is 0 Å². The second-order valence-electron chi connectivity index (χ2n) is 6.87. The van der Waals surface area contributed by atoms with Gasteiger partial charge in [0.25, 0.3) is 6.85 Å². The molecule has 0 aromatic heterocycles. The minimum absolute atomic E-state index is 0.772. The van der Waals surface area contributed by atoms with E-state index < -0.39 is 16.5 Å². The highest BCUT2D eigenvalue weighted by Gasteiger charge is 2.50. The maximum Gasteiger partial charge on any atom is 0.268 e. The smallest absolute Gasteiger partial charge is 0.268 e. The van der Waals surface area contributed by atoms with Crippen molar-refractivity contribution in [1.82, 2.24) is 4.14 Å². The Kier molecular flexibility index (Phi) is 3.98. The van der Waals surface area contributed by atoms with Gasteiger partial charge in [-0.25, -0.2) is 0 Å². The average Bonchev–Trinajstić information content (AvgIpc) is 2.72. The molecule has 1 aliphatic rings. The Bertz CT molecular complexity index is 271. The molecule has 0 bridgehead atoms. The van der Waals surface area contributed by atoms with Crippen molar-refractivity contribution < 1.29 is 0 Å². The molecular formula is C12H28BNSi2. The molecule has 92 valence electrons. The Morgan fingerprint density at radius 1 is 0.812 bits per heavy atom. The molecule has 0 atom stereocenters. The Morgan fingerprint density at radius 2 is 1.12 bits per heavy atom. The number of hydrogen-bond donors (Lipinski definition) is 0. The average molecular weight is 253 g/mol. The fraction of sp³-hybridized carbons (Fsp3) is 0.833. The van der Waals surface area contributed by atoms with Crippen LogP contribution in [0.15, 0.2) is 10.9 Å². The predicted octanol–water partition coefficient (Wildman–Crippen LogP) is 4.16. The van der Waals surface area contributed by atoms with Gasteiger partial charge in [0.1, 0.15) is 16.5 Å². The lowest BCUT2D eigenvalue weighted by Gasteiger charge is -2.44. The number of rotatable bonds is 5. The molecule has 0 N–H and O–H groups in total. The van der Waals surface area contributed by atoms with E-state index in [2.05, 4.69) is 57.3 Å². The highest BCUT2D eigenvalue weighted by Crippen LogP contribution is 2.41. The first-order valence-corrected chi connectivity index (χ1v) is 13.5. The van der Waals surface area contributed by atoms with Gasteiger partial charge in [-0.1, -0.05) is 64.1 Å². The Hall–Kier alpha value is 0.199. The molecule has 0 amide bonds. The van der Waals surface area contributed by atoms with Gasteiger partial charge in [0, 0.05) is 0 Å². The van der Waals surface area contributed by atoms with Crippen molar-refractivity contribution >= 4 is 23.3 Å². The van der Waals surface area contributed by atoms with Crippen LogP contribution < -0.4 is 0 Å². The van der Waals surface area contributed by atoms with E-state index in [-0.39, 0.29) is 0 Å². The topological polar surface area (TPSA) is 3.24 Å². The summed E-state index contributed by atoms with van der Waals surface area (Å²) in [5, 5.41) is 0. The van der Waals surface area contributed by atoms with Crippen molar-refractivity contribution in [3.05, 3.63) is 10.9 Å². The van der Waals surface area contributed by atoms with Crippen LogP contribution in [0.1, 0.15) is 26.7 Å². The summed E-state index contributed by atoms with van der Waals surface area (Å²) in [6.07, 6.45) is 2.53. The van der Waals surface area contributed by atoms with Crippen LogP contribution in [0.5, 0.6) is 0 Å². The second-order valence-corrected chi connectivity index (χ2v) is 17.0. The third-order valence-electron chi connectivity index (χ3n) is 3.45. The fourth-order valence-corrected chi connectivity index (χ4v) is 13.5. The predicted molar refractivity (Wildman–Crippen MR) is 81.9 cm³/mol. The Labute approximate surface area is 105 Å². The molecule has 0 aromatic carbocycles. The number of hydrogen-bond acceptors (Lipinski definition) is 1. The third kappa shape index (κ3) is 2.71. The lowest BCUT2D eigenvalue weighted by molar-refractivity contribution is 0.941. The molecule has 0 saturated heterocycles. The summed E-state index contributed by atoms with van der Waals surface area (Å²) in [6, 6.07) is 0. The number of nitrogens with zero attached hydrogens (tertiary/aromatic N) is 1. The minimum Gasteiger partial charge on any atom is -0.380 e. The first kappa shape index (κ1) is 14.3. The summed E-state index contributed by atoms with van der Waals surface area (Å²) in [6.45, 7) is 20.4. The molecule has 16 heavy (non-hydrogen) atoms. The van der Waals surface area contributed by atoms with E-state index in [1.54, 1.807) is 10.9 Å². The van der Waals surface area contributed by atoms with Crippen molar-refractivity contribution in [1.29, 1.82) is 0 Å².